The van der Waals surface area contributed by atoms with E-state index in [1.54, 1.807) is 20.3 Å². The monoisotopic (exact) mass is 322 g/mol. The molecule has 0 aromatic heterocycles. The molecule has 1 aliphatic heterocycles. The van der Waals surface area contributed by atoms with E-state index in [0.29, 0.717) is 13.2 Å². The molecule has 128 valence electrons. The van der Waals surface area contributed by atoms with E-state index < -0.39 is 6.29 Å². The Morgan fingerprint density at radius 2 is 1.74 bits per heavy atom. The van der Waals surface area contributed by atoms with Gasteiger partial charge in [-0.05, 0) is 12.5 Å². The summed E-state index contributed by atoms with van der Waals surface area (Å²) in [6, 6.07) is 10.0. The fraction of sp³-hybridized carbons (Fsp3) is 0.556. The molecule has 0 aliphatic carbocycles. The molecular weight excluding hydrogens is 296 g/mol. The van der Waals surface area contributed by atoms with Crippen LogP contribution in [0.4, 0.5) is 0 Å². The molecule has 0 N–H and O–H groups in total. The Hall–Kier alpha value is -1.24. The Balaban J connectivity index is 2.04. The third kappa shape index (κ3) is 4.62. The first kappa shape index (κ1) is 18.1. The lowest BCUT2D eigenvalue weighted by Crippen LogP contribution is -2.59. The standard InChI is InChI=1S/C18H26O5/c1-5-11-21-18-17(20-4)16(19-3)15(13(2)23-18)22-12-14-9-7-6-8-10-14/h5-10,13,15-18H,1,11-12H2,2-4H3/t13-,15+,16-,17+,18-/m1/s1. The molecule has 1 aromatic rings. The van der Waals surface area contributed by atoms with Gasteiger partial charge in [0.05, 0.1) is 19.3 Å². The largest absolute Gasteiger partial charge is 0.376 e. The van der Waals surface area contributed by atoms with Gasteiger partial charge in [-0.25, -0.2) is 0 Å². The van der Waals surface area contributed by atoms with Crippen LogP contribution in [0.2, 0.25) is 0 Å². The highest BCUT2D eigenvalue weighted by Crippen LogP contribution is 2.28. The topological polar surface area (TPSA) is 46.2 Å². The number of benzene rings is 1. The third-order valence-corrected chi connectivity index (χ3v) is 3.94. The predicted molar refractivity (Wildman–Crippen MR) is 87.1 cm³/mol. The maximum atomic E-state index is 6.06. The van der Waals surface area contributed by atoms with E-state index in [2.05, 4.69) is 6.58 Å². The number of rotatable bonds is 8. The van der Waals surface area contributed by atoms with Crippen molar-refractivity contribution in [3.63, 3.8) is 0 Å². The molecule has 1 saturated heterocycles. The smallest absolute Gasteiger partial charge is 0.187 e. The fourth-order valence-electron chi connectivity index (χ4n) is 2.78. The van der Waals surface area contributed by atoms with E-state index in [1.165, 1.54) is 0 Å². The van der Waals surface area contributed by atoms with Crippen molar-refractivity contribution in [3.8, 4) is 0 Å². The minimum absolute atomic E-state index is 0.176. The molecule has 5 nitrogen and oxygen atoms in total. The van der Waals surface area contributed by atoms with Crippen LogP contribution in [-0.4, -0.2) is 51.5 Å². The molecule has 0 bridgehead atoms. The summed E-state index contributed by atoms with van der Waals surface area (Å²) in [6.07, 6.45) is 0.118. The van der Waals surface area contributed by atoms with Crippen molar-refractivity contribution in [2.24, 2.45) is 0 Å². The predicted octanol–water partition coefficient (Wildman–Crippen LogP) is 2.55. The van der Waals surface area contributed by atoms with Gasteiger partial charge in [0.2, 0.25) is 0 Å². The number of methoxy groups -OCH3 is 2. The SMILES string of the molecule is C=CCO[C@@H]1O[C@H](C)[C@H](OCc2ccccc2)[C@@H](OC)[C@@H]1OC. The van der Waals surface area contributed by atoms with Crippen LogP contribution in [-0.2, 0) is 30.3 Å². The lowest BCUT2D eigenvalue weighted by atomic mass is 9.99. The van der Waals surface area contributed by atoms with E-state index in [0.717, 1.165) is 5.56 Å². The molecule has 23 heavy (non-hydrogen) atoms. The summed E-state index contributed by atoms with van der Waals surface area (Å²) >= 11 is 0. The van der Waals surface area contributed by atoms with Crippen molar-refractivity contribution in [1.82, 2.24) is 0 Å². The zero-order chi connectivity index (χ0) is 16.7. The highest BCUT2D eigenvalue weighted by molar-refractivity contribution is 5.13. The zero-order valence-electron chi connectivity index (χ0n) is 14.0. The van der Waals surface area contributed by atoms with Gasteiger partial charge < -0.3 is 23.7 Å². The van der Waals surface area contributed by atoms with Crippen LogP contribution >= 0.6 is 0 Å². The molecular formula is C18H26O5. The fourth-order valence-corrected chi connectivity index (χ4v) is 2.78. The van der Waals surface area contributed by atoms with Gasteiger partial charge in [-0.2, -0.15) is 0 Å². The molecule has 1 aromatic carbocycles. The van der Waals surface area contributed by atoms with Gasteiger partial charge in [-0.15, -0.1) is 6.58 Å². The Labute approximate surface area is 138 Å². The van der Waals surface area contributed by atoms with E-state index in [-0.39, 0.29) is 24.4 Å². The first-order chi connectivity index (χ1) is 11.2. The van der Waals surface area contributed by atoms with Crippen molar-refractivity contribution < 1.29 is 23.7 Å². The molecule has 0 radical (unpaired) electrons. The summed E-state index contributed by atoms with van der Waals surface area (Å²) in [7, 11) is 3.27. The van der Waals surface area contributed by atoms with Crippen LogP contribution in [0.3, 0.4) is 0 Å². The normalized spacial score (nSPS) is 31.0. The number of hydrogen-bond donors (Lipinski definition) is 0. The van der Waals surface area contributed by atoms with Crippen LogP contribution in [0.1, 0.15) is 12.5 Å². The van der Waals surface area contributed by atoms with Crippen molar-refractivity contribution in [2.45, 2.75) is 44.2 Å². The zero-order valence-corrected chi connectivity index (χ0v) is 14.0. The first-order valence-corrected chi connectivity index (χ1v) is 7.80. The summed E-state index contributed by atoms with van der Waals surface area (Å²) in [5.41, 5.74) is 1.11. The second-order valence-electron chi connectivity index (χ2n) is 5.49. The van der Waals surface area contributed by atoms with Crippen LogP contribution in [0.25, 0.3) is 0 Å². The third-order valence-electron chi connectivity index (χ3n) is 3.94. The second-order valence-corrected chi connectivity index (χ2v) is 5.49. The van der Waals surface area contributed by atoms with Crippen LogP contribution in [0.15, 0.2) is 43.0 Å². The van der Waals surface area contributed by atoms with Crippen molar-refractivity contribution in [3.05, 3.63) is 48.6 Å². The van der Waals surface area contributed by atoms with Gasteiger partial charge in [0.25, 0.3) is 0 Å². The van der Waals surface area contributed by atoms with E-state index in [1.807, 2.05) is 37.3 Å². The van der Waals surface area contributed by atoms with E-state index in [9.17, 15) is 0 Å². The summed E-state index contributed by atoms with van der Waals surface area (Å²) in [5.74, 6) is 0. The average molecular weight is 322 g/mol. The van der Waals surface area contributed by atoms with Gasteiger partial charge in [-0.3, -0.25) is 0 Å². The Kier molecular flexibility index (Phi) is 7.20. The summed E-state index contributed by atoms with van der Waals surface area (Å²) < 4.78 is 28.8. The number of ether oxygens (including phenoxy) is 5. The molecule has 1 aliphatic rings. The van der Waals surface area contributed by atoms with E-state index in [4.69, 9.17) is 23.7 Å². The van der Waals surface area contributed by atoms with Crippen LogP contribution in [0.5, 0.6) is 0 Å². The summed E-state index contributed by atoms with van der Waals surface area (Å²) in [5, 5.41) is 0. The summed E-state index contributed by atoms with van der Waals surface area (Å²) in [4.78, 5) is 0. The molecule has 5 atom stereocenters. The van der Waals surface area contributed by atoms with Crippen LogP contribution < -0.4 is 0 Å². The molecule has 2 rings (SSSR count). The Morgan fingerprint density at radius 1 is 1.04 bits per heavy atom. The van der Waals surface area contributed by atoms with Gasteiger partial charge in [-0.1, -0.05) is 36.4 Å². The molecule has 0 unspecified atom stereocenters. The van der Waals surface area contributed by atoms with Gasteiger partial charge >= 0.3 is 0 Å². The van der Waals surface area contributed by atoms with Gasteiger partial charge in [0.15, 0.2) is 6.29 Å². The maximum absolute atomic E-state index is 6.06. The van der Waals surface area contributed by atoms with Gasteiger partial charge in [0.1, 0.15) is 18.3 Å². The lowest BCUT2D eigenvalue weighted by Gasteiger charge is -2.44. The van der Waals surface area contributed by atoms with Crippen molar-refractivity contribution in [2.75, 3.05) is 20.8 Å². The molecule has 5 heteroatoms. The van der Waals surface area contributed by atoms with Crippen molar-refractivity contribution in [1.29, 1.82) is 0 Å². The Morgan fingerprint density at radius 3 is 2.35 bits per heavy atom. The molecule has 1 fully saturated rings. The number of hydrogen-bond acceptors (Lipinski definition) is 5. The molecule has 0 spiro atoms. The second kappa shape index (κ2) is 9.15. The highest BCUT2D eigenvalue weighted by atomic mass is 16.7. The average Bonchev–Trinajstić information content (AvgIpc) is 2.59. The highest BCUT2D eigenvalue weighted by Gasteiger charge is 2.46. The van der Waals surface area contributed by atoms with Crippen molar-refractivity contribution >= 4 is 0 Å². The minimum Gasteiger partial charge on any atom is -0.376 e. The lowest BCUT2D eigenvalue weighted by molar-refractivity contribution is -0.307. The quantitative estimate of drug-likeness (QED) is 0.688. The first-order valence-electron chi connectivity index (χ1n) is 7.80. The summed E-state index contributed by atoms with van der Waals surface area (Å²) in [6.45, 7) is 6.50. The maximum Gasteiger partial charge on any atom is 0.187 e. The van der Waals surface area contributed by atoms with Crippen LogP contribution in [0, 0.1) is 0 Å². The molecule has 1 heterocycles. The molecule has 0 amide bonds. The Bertz CT molecular complexity index is 464. The van der Waals surface area contributed by atoms with E-state index >= 15 is 0 Å². The molecule has 0 saturated carbocycles. The van der Waals surface area contributed by atoms with Gasteiger partial charge in [0, 0.05) is 14.2 Å². The minimum atomic E-state index is -0.505.